The molecule has 0 aromatic heterocycles. The molecule has 2 rings (SSSR count). The summed E-state index contributed by atoms with van der Waals surface area (Å²) in [6.45, 7) is -6.34. The Morgan fingerprint density at radius 2 is 1.32 bits per heavy atom. The smallest absolute Gasteiger partial charge is 0.387 e. The maximum atomic E-state index is 12.3. The van der Waals surface area contributed by atoms with Gasteiger partial charge in [-0.2, -0.15) is 17.6 Å². The van der Waals surface area contributed by atoms with E-state index in [0.717, 1.165) is 0 Å². The predicted molar refractivity (Wildman–Crippen MR) is 83.3 cm³/mol. The number of amides is 1. The van der Waals surface area contributed by atoms with Gasteiger partial charge in [-0.05, 0) is 24.3 Å². The quantitative estimate of drug-likeness (QED) is 0.702. The van der Waals surface area contributed by atoms with E-state index in [2.05, 4.69) is 20.1 Å². The third-order valence-electron chi connectivity index (χ3n) is 2.92. The van der Waals surface area contributed by atoms with E-state index in [1.807, 2.05) is 0 Å². The van der Waals surface area contributed by atoms with E-state index < -0.39 is 19.1 Å². The Morgan fingerprint density at radius 1 is 0.840 bits per heavy atom. The number of benzene rings is 2. The number of carbonyl (C=O) groups is 1. The zero-order valence-corrected chi connectivity index (χ0v) is 12.7. The minimum absolute atomic E-state index is 0.0618. The highest BCUT2D eigenvalue weighted by atomic mass is 19.3. The fourth-order valence-corrected chi connectivity index (χ4v) is 1.95. The molecule has 2 aromatic rings. The Balaban J connectivity index is 1.98. The molecule has 5 nitrogen and oxygen atoms in total. The Labute approximate surface area is 140 Å². The summed E-state index contributed by atoms with van der Waals surface area (Å²) < 4.78 is 58.0. The molecule has 0 aliphatic heterocycles. The van der Waals surface area contributed by atoms with Gasteiger partial charge in [0, 0.05) is 0 Å². The van der Waals surface area contributed by atoms with Crippen molar-refractivity contribution in [3.8, 4) is 11.5 Å². The fourth-order valence-electron chi connectivity index (χ4n) is 1.95. The van der Waals surface area contributed by atoms with Crippen molar-refractivity contribution in [2.45, 2.75) is 13.2 Å². The summed E-state index contributed by atoms with van der Waals surface area (Å²) in [4.78, 5) is 12.0. The van der Waals surface area contributed by atoms with Crippen molar-refractivity contribution in [1.29, 1.82) is 0 Å². The predicted octanol–water partition coefficient (Wildman–Crippen LogP) is 3.94. The Morgan fingerprint density at radius 3 is 1.88 bits per heavy atom. The van der Waals surface area contributed by atoms with Crippen LogP contribution in [0.4, 0.5) is 28.9 Å². The van der Waals surface area contributed by atoms with Gasteiger partial charge in [0.15, 0.2) is 0 Å². The number of para-hydroxylation sites is 4. The first-order chi connectivity index (χ1) is 12.0. The maximum Gasteiger partial charge on any atom is 0.387 e. The highest BCUT2D eigenvalue weighted by Gasteiger charge is 2.13. The molecule has 2 N–H and O–H groups in total. The maximum absolute atomic E-state index is 12.3. The van der Waals surface area contributed by atoms with E-state index in [1.165, 1.54) is 42.5 Å². The van der Waals surface area contributed by atoms with Crippen LogP contribution in [0.15, 0.2) is 48.5 Å². The average molecular weight is 358 g/mol. The van der Waals surface area contributed by atoms with Gasteiger partial charge in [0.1, 0.15) is 11.5 Å². The monoisotopic (exact) mass is 358 g/mol. The van der Waals surface area contributed by atoms with Crippen LogP contribution < -0.4 is 20.1 Å². The van der Waals surface area contributed by atoms with Crippen molar-refractivity contribution >= 4 is 17.3 Å². The van der Waals surface area contributed by atoms with Crippen LogP contribution in [0.25, 0.3) is 0 Å². The standard InChI is InChI=1S/C16H14F4N2O3/c17-15(18)24-12-7-3-1-5-10(12)21-9-14(23)22-11-6-2-4-8-13(11)25-16(19)20/h1-8,15-16,21H,9H2,(H,22,23). The highest BCUT2D eigenvalue weighted by molar-refractivity contribution is 5.95. The molecule has 0 aliphatic carbocycles. The molecular weight excluding hydrogens is 344 g/mol. The van der Waals surface area contributed by atoms with Crippen LogP contribution in [0.3, 0.4) is 0 Å². The fraction of sp³-hybridized carbons (Fsp3) is 0.188. The van der Waals surface area contributed by atoms with Crippen LogP contribution in [0.2, 0.25) is 0 Å². The van der Waals surface area contributed by atoms with Gasteiger partial charge in [-0.3, -0.25) is 4.79 Å². The van der Waals surface area contributed by atoms with E-state index in [4.69, 9.17) is 0 Å². The number of halogens is 4. The number of carbonyl (C=O) groups excluding carboxylic acids is 1. The van der Waals surface area contributed by atoms with Crippen LogP contribution in [0.5, 0.6) is 11.5 Å². The van der Waals surface area contributed by atoms with Crippen LogP contribution >= 0.6 is 0 Å². The number of alkyl halides is 4. The summed E-state index contributed by atoms with van der Waals surface area (Å²) >= 11 is 0. The number of hydrogen-bond donors (Lipinski definition) is 2. The minimum atomic E-state index is -3.03. The SMILES string of the molecule is O=C(CNc1ccccc1OC(F)F)Nc1ccccc1OC(F)F. The highest BCUT2D eigenvalue weighted by Crippen LogP contribution is 2.27. The summed E-state index contributed by atoms with van der Waals surface area (Å²) in [6, 6.07) is 11.5. The lowest BCUT2D eigenvalue weighted by Gasteiger charge is -2.14. The molecule has 0 aliphatic rings. The molecule has 2 aromatic carbocycles. The molecule has 1 amide bonds. The van der Waals surface area contributed by atoms with Crippen LogP contribution in [0, 0.1) is 0 Å². The van der Waals surface area contributed by atoms with Gasteiger partial charge in [-0.1, -0.05) is 24.3 Å². The summed E-state index contributed by atoms with van der Waals surface area (Å²) in [5.74, 6) is -0.892. The van der Waals surface area contributed by atoms with Crippen molar-refractivity contribution in [3.05, 3.63) is 48.5 Å². The molecule has 9 heteroatoms. The second kappa shape index (κ2) is 8.76. The first kappa shape index (κ1) is 18.4. The van der Waals surface area contributed by atoms with E-state index >= 15 is 0 Å². The molecule has 0 spiro atoms. The molecule has 0 bridgehead atoms. The number of ether oxygens (including phenoxy) is 2. The van der Waals surface area contributed by atoms with Gasteiger partial charge in [-0.25, -0.2) is 0 Å². The molecule has 0 radical (unpaired) electrons. The van der Waals surface area contributed by atoms with Crippen LogP contribution in [0.1, 0.15) is 0 Å². The normalized spacial score (nSPS) is 10.6. The topological polar surface area (TPSA) is 59.6 Å². The van der Waals surface area contributed by atoms with Crippen molar-refractivity contribution < 1.29 is 31.8 Å². The molecule has 0 heterocycles. The van der Waals surface area contributed by atoms with E-state index in [1.54, 1.807) is 6.07 Å². The number of nitrogens with one attached hydrogen (secondary N) is 2. The summed E-state index contributed by atoms with van der Waals surface area (Å²) in [7, 11) is 0. The first-order valence-corrected chi connectivity index (χ1v) is 7.07. The lowest BCUT2D eigenvalue weighted by molar-refractivity contribution is -0.114. The lowest BCUT2D eigenvalue weighted by Crippen LogP contribution is -2.22. The van der Waals surface area contributed by atoms with Crippen LogP contribution in [-0.4, -0.2) is 25.7 Å². The first-order valence-electron chi connectivity index (χ1n) is 7.07. The number of rotatable bonds is 8. The molecule has 0 saturated carbocycles. The molecule has 0 atom stereocenters. The van der Waals surface area contributed by atoms with Crippen molar-refractivity contribution in [1.82, 2.24) is 0 Å². The molecule has 134 valence electrons. The molecule has 25 heavy (non-hydrogen) atoms. The second-order valence-electron chi connectivity index (χ2n) is 4.65. The number of anilines is 2. The zero-order valence-electron chi connectivity index (χ0n) is 12.7. The van der Waals surface area contributed by atoms with E-state index in [0.29, 0.717) is 0 Å². The van der Waals surface area contributed by atoms with Gasteiger partial charge in [-0.15, -0.1) is 0 Å². The summed E-state index contributed by atoms with van der Waals surface area (Å²) in [6.07, 6.45) is 0. The van der Waals surface area contributed by atoms with E-state index in [9.17, 15) is 22.4 Å². The summed E-state index contributed by atoms with van der Waals surface area (Å²) in [5, 5.41) is 5.04. The van der Waals surface area contributed by atoms with E-state index in [-0.39, 0.29) is 29.4 Å². The average Bonchev–Trinajstić information content (AvgIpc) is 2.55. The molecule has 0 fully saturated rings. The third-order valence-corrected chi connectivity index (χ3v) is 2.92. The lowest BCUT2D eigenvalue weighted by atomic mass is 10.2. The van der Waals surface area contributed by atoms with Gasteiger partial charge < -0.3 is 20.1 Å². The summed E-state index contributed by atoms with van der Waals surface area (Å²) in [5.41, 5.74) is 0.252. The molecular formula is C16H14F4N2O3. The largest absolute Gasteiger partial charge is 0.433 e. The molecule has 0 unspecified atom stereocenters. The minimum Gasteiger partial charge on any atom is -0.433 e. The van der Waals surface area contributed by atoms with Crippen molar-refractivity contribution in [2.75, 3.05) is 17.2 Å². The van der Waals surface area contributed by atoms with Gasteiger partial charge >= 0.3 is 13.2 Å². The van der Waals surface area contributed by atoms with Gasteiger partial charge in [0.2, 0.25) is 5.91 Å². The third kappa shape index (κ3) is 5.87. The second-order valence-corrected chi connectivity index (χ2v) is 4.65. The van der Waals surface area contributed by atoms with Gasteiger partial charge in [0.05, 0.1) is 17.9 Å². The molecule has 0 saturated heterocycles. The zero-order chi connectivity index (χ0) is 18.2. The Hall–Kier alpha value is -2.97. The van der Waals surface area contributed by atoms with Crippen molar-refractivity contribution in [3.63, 3.8) is 0 Å². The van der Waals surface area contributed by atoms with Gasteiger partial charge in [0.25, 0.3) is 0 Å². The Bertz CT molecular complexity index is 713. The van der Waals surface area contributed by atoms with Crippen molar-refractivity contribution in [2.24, 2.45) is 0 Å². The van der Waals surface area contributed by atoms with Crippen LogP contribution in [-0.2, 0) is 4.79 Å². The number of hydrogen-bond acceptors (Lipinski definition) is 4. The Kier molecular flexibility index (Phi) is 6.44.